The third kappa shape index (κ3) is 5.61. The summed E-state index contributed by atoms with van der Waals surface area (Å²) in [5.41, 5.74) is -0.371. The van der Waals surface area contributed by atoms with Crippen LogP contribution >= 0.6 is 0 Å². The zero-order valence-corrected chi connectivity index (χ0v) is 19.8. The molecule has 3 nitrogen and oxygen atoms in total. The minimum Gasteiger partial charge on any atom is -0.352 e. The van der Waals surface area contributed by atoms with E-state index in [2.05, 4.69) is 47.5 Å². The Morgan fingerprint density at radius 1 is 1.06 bits per heavy atom. The molecule has 1 spiro atoms. The van der Waals surface area contributed by atoms with Gasteiger partial charge in [-0.2, -0.15) is 26.3 Å². The fourth-order valence-corrected chi connectivity index (χ4v) is 5.35. The molecule has 2 aromatic rings. The van der Waals surface area contributed by atoms with Gasteiger partial charge < -0.3 is 10.2 Å². The van der Waals surface area contributed by atoms with E-state index in [9.17, 15) is 31.1 Å². The second-order valence-electron chi connectivity index (χ2n) is 9.71. The van der Waals surface area contributed by atoms with Gasteiger partial charge in [-0.3, -0.25) is 4.79 Å². The van der Waals surface area contributed by atoms with Gasteiger partial charge in [0.2, 0.25) is 5.91 Å². The third-order valence-corrected chi connectivity index (χ3v) is 7.29. The largest absolute Gasteiger partial charge is 0.416 e. The van der Waals surface area contributed by atoms with Crippen molar-refractivity contribution in [1.29, 1.82) is 0 Å². The van der Waals surface area contributed by atoms with Crippen LogP contribution < -0.4 is 5.32 Å². The molecule has 1 aliphatic carbocycles. The number of nitrogens with zero attached hydrogens (tertiary/aromatic N) is 1. The zero-order chi connectivity index (χ0) is 26.1. The summed E-state index contributed by atoms with van der Waals surface area (Å²) in [6.45, 7) is 4.29. The molecule has 4 rings (SSSR count). The Balaban J connectivity index is 1.27. The van der Waals surface area contributed by atoms with Gasteiger partial charge in [0.25, 0.3) is 0 Å². The molecule has 1 saturated heterocycles. The number of likely N-dealkylation sites (tertiary alicyclic amines) is 1. The first-order chi connectivity index (χ1) is 16.9. The number of hydrogen-bond donors (Lipinski definition) is 1. The summed E-state index contributed by atoms with van der Waals surface area (Å²) in [7, 11) is 0. The molecule has 0 unspecified atom stereocenters. The van der Waals surface area contributed by atoms with Crippen LogP contribution in [-0.4, -0.2) is 30.4 Å². The molecule has 0 radical (unpaired) electrons. The van der Waals surface area contributed by atoms with E-state index >= 15 is 0 Å². The monoisotopic (exact) mass is 510 g/mol. The van der Waals surface area contributed by atoms with Crippen molar-refractivity contribution in [1.82, 2.24) is 10.2 Å². The maximum atomic E-state index is 13.0. The zero-order valence-electron chi connectivity index (χ0n) is 19.8. The van der Waals surface area contributed by atoms with Crippen molar-refractivity contribution >= 4 is 12.0 Å². The van der Waals surface area contributed by atoms with Gasteiger partial charge in [-0.25, -0.2) is 0 Å². The molecule has 2 aliphatic rings. The van der Waals surface area contributed by atoms with Crippen molar-refractivity contribution in [3.8, 4) is 0 Å². The highest BCUT2D eigenvalue weighted by atomic mass is 19.4. The average Bonchev–Trinajstić information content (AvgIpc) is 3.18. The van der Waals surface area contributed by atoms with Crippen LogP contribution in [0.3, 0.4) is 0 Å². The van der Waals surface area contributed by atoms with E-state index in [0.717, 1.165) is 19.5 Å². The molecule has 0 saturated carbocycles. The number of halogens is 6. The highest BCUT2D eigenvalue weighted by Crippen LogP contribution is 2.46. The number of benzene rings is 2. The maximum absolute atomic E-state index is 13.0. The lowest BCUT2D eigenvalue weighted by Crippen LogP contribution is -2.47. The summed E-state index contributed by atoms with van der Waals surface area (Å²) in [6.07, 6.45) is -3.66. The van der Waals surface area contributed by atoms with Crippen molar-refractivity contribution in [3.05, 3.63) is 76.4 Å². The minimum atomic E-state index is -4.92. The Kier molecular flexibility index (Phi) is 7.23. The van der Waals surface area contributed by atoms with Gasteiger partial charge in [0.1, 0.15) is 0 Å². The van der Waals surface area contributed by atoms with E-state index in [0.29, 0.717) is 31.0 Å². The highest BCUT2D eigenvalue weighted by Gasteiger charge is 2.43. The smallest absolute Gasteiger partial charge is 0.352 e. The number of amides is 1. The lowest BCUT2D eigenvalue weighted by atomic mass is 9.68. The van der Waals surface area contributed by atoms with Crippen LogP contribution in [0.25, 0.3) is 6.08 Å². The molecule has 1 N–H and O–H groups in total. The molecule has 2 aromatic carbocycles. The molecular weight excluding hydrogens is 482 g/mol. The predicted octanol–water partition coefficient (Wildman–Crippen LogP) is 6.43. The molecule has 0 bridgehead atoms. The van der Waals surface area contributed by atoms with Crippen molar-refractivity contribution in [2.75, 3.05) is 19.6 Å². The van der Waals surface area contributed by atoms with Crippen molar-refractivity contribution < 1.29 is 31.1 Å². The number of nitrogens with one attached hydrogen (secondary N) is 1. The van der Waals surface area contributed by atoms with Crippen molar-refractivity contribution in [2.45, 2.75) is 50.5 Å². The number of carbonyl (C=O) groups excluding carboxylic acids is 1. The predicted molar refractivity (Wildman–Crippen MR) is 125 cm³/mol. The van der Waals surface area contributed by atoms with Gasteiger partial charge in [0, 0.05) is 24.9 Å². The Hall–Kier alpha value is -2.81. The molecule has 0 aromatic heterocycles. The first-order valence-electron chi connectivity index (χ1n) is 11.9. The molecule has 1 amide bonds. The number of carbonyl (C=O) groups is 1. The second-order valence-corrected chi connectivity index (χ2v) is 9.71. The number of piperidine rings is 1. The number of rotatable bonds is 6. The number of hydrogen-bond acceptors (Lipinski definition) is 2. The molecule has 1 aliphatic heterocycles. The van der Waals surface area contributed by atoms with Crippen LogP contribution in [0.15, 0.2) is 48.5 Å². The summed E-state index contributed by atoms with van der Waals surface area (Å²) >= 11 is 0. The lowest BCUT2D eigenvalue weighted by molar-refractivity contribution is -0.143. The Labute approximate surface area is 206 Å². The normalized spacial score (nSPS) is 22.1. The van der Waals surface area contributed by atoms with Crippen LogP contribution in [0.2, 0.25) is 0 Å². The number of alkyl halides is 6. The molecule has 1 heterocycles. The van der Waals surface area contributed by atoms with Gasteiger partial charge in [0.15, 0.2) is 0 Å². The molecule has 36 heavy (non-hydrogen) atoms. The van der Waals surface area contributed by atoms with Gasteiger partial charge in [-0.15, -0.1) is 0 Å². The number of fused-ring (bicyclic) bond motifs is 2. The van der Waals surface area contributed by atoms with Crippen LogP contribution in [0.1, 0.15) is 54.0 Å². The summed E-state index contributed by atoms with van der Waals surface area (Å²) in [5, 5.41) is 2.45. The fraction of sp³-hybridized carbons (Fsp3) is 0.444. The molecular formula is C27H28F6N2O. The van der Waals surface area contributed by atoms with E-state index in [1.165, 1.54) is 11.1 Å². The van der Waals surface area contributed by atoms with E-state index in [-0.39, 0.29) is 23.5 Å². The minimum absolute atomic E-state index is 0.0324. The summed E-state index contributed by atoms with van der Waals surface area (Å²) in [4.78, 5) is 14.6. The first kappa shape index (κ1) is 26.3. The SMILES string of the molecule is C[C@H]1CN(CCCC(=O)NCc2cc(C(F)(F)F)cc(C(F)(F)F)c2)CC[C@@]12C=Cc1ccccc12. The van der Waals surface area contributed by atoms with Gasteiger partial charge in [-0.05, 0) is 66.7 Å². The highest BCUT2D eigenvalue weighted by molar-refractivity contribution is 5.75. The summed E-state index contributed by atoms with van der Waals surface area (Å²) < 4.78 is 78.1. The standard InChI is InChI=1S/C27H28F6N2O/c1-18-17-35(12-10-25(18)9-8-20-5-2-3-6-23(20)25)11-4-7-24(36)34-16-19-13-21(26(28,29)30)15-22(14-19)27(31,32)33/h2-3,5-6,8-9,13-15,18H,4,7,10-12,16-17H2,1H3,(H,34,36)/t18-,25-/m0/s1. The van der Waals surface area contributed by atoms with Crippen LogP contribution in [-0.2, 0) is 29.1 Å². The topological polar surface area (TPSA) is 32.3 Å². The fourth-order valence-electron chi connectivity index (χ4n) is 5.35. The van der Waals surface area contributed by atoms with Gasteiger partial charge in [0.05, 0.1) is 11.1 Å². The molecule has 2 atom stereocenters. The lowest BCUT2D eigenvalue weighted by Gasteiger charge is -2.44. The molecule has 9 heteroatoms. The molecule has 1 fully saturated rings. The third-order valence-electron chi connectivity index (χ3n) is 7.29. The van der Waals surface area contributed by atoms with E-state index < -0.39 is 35.9 Å². The Bertz CT molecular complexity index is 1110. The maximum Gasteiger partial charge on any atom is 0.416 e. The Morgan fingerprint density at radius 3 is 2.36 bits per heavy atom. The van der Waals surface area contributed by atoms with Crippen LogP contribution in [0.5, 0.6) is 0 Å². The van der Waals surface area contributed by atoms with Gasteiger partial charge in [-0.1, -0.05) is 43.3 Å². The van der Waals surface area contributed by atoms with Crippen molar-refractivity contribution in [2.24, 2.45) is 5.92 Å². The Morgan fingerprint density at radius 2 is 1.72 bits per heavy atom. The van der Waals surface area contributed by atoms with Crippen LogP contribution in [0.4, 0.5) is 26.3 Å². The van der Waals surface area contributed by atoms with Gasteiger partial charge >= 0.3 is 12.4 Å². The quantitative estimate of drug-likeness (QED) is 0.455. The van der Waals surface area contributed by atoms with E-state index in [4.69, 9.17) is 0 Å². The summed E-state index contributed by atoms with van der Waals surface area (Å²) in [6, 6.07) is 9.76. The van der Waals surface area contributed by atoms with E-state index in [1.807, 2.05) is 6.07 Å². The second kappa shape index (κ2) is 9.92. The van der Waals surface area contributed by atoms with Crippen molar-refractivity contribution in [3.63, 3.8) is 0 Å². The summed E-state index contributed by atoms with van der Waals surface area (Å²) in [5.74, 6) is -0.0149. The van der Waals surface area contributed by atoms with Crippen LogP contribution in [0, 0.1) is 5.92 Å². The first-order valence-corrected chi connectivity index (χ1v) is 11.9. The number of allylic oxidation sites excluding steroid dienone is 1. The average molecular weight is 511 g/mol. The van der Waals surface area contributed by atoms with E-state index in [1.54, 1.807) is 0 Å². The molecule has 194 valence electrons.